The fraction of sp³-hybridized carbons (Fsp3) is 0.0667. The van der Waals surface area contributed by atoms with Gasteiger partial charge in [-0.2, -0.15) is 0 Å². The summed E-state index contributed by atoms with van der Waals surface area (Å²) in [6.45, 7) is 2.09. The molecule has 0 saturated heterocycles. The highest BCUT2D eigenvalue weighted by Gasteiger charge is 2.06. The number of fused-ring (bicyclic) bond motifs is 1. The van der Waals surface area contributed by atoms with E-state index >= 15 is 0 Å². The Balaban J connectivity index is 2.18. The summed E-state index contributed by atoms with van der Waals surface area (Å²) in [7, 11) is 0. The molecule has 0 radical (unpaired) electrons. The fourth-order valence-electron chi connectivity index (χ4n) is 1.95. The van der Waals surface area contributed by atoms with Gasteiger partial charge in [-0.3, -0.25) is 0 Å². The molecule has 84 valence electrons. The molecule has 2 heteroatoms. The molecule has 0 bridgehead atoms. The van der Waals surface area contributed by atoms with Gasteiger partial charge in [-0.05, 0) is 37.3 Å². The number of hydrogen-bond donors (Lipinski definition) is 0. The van der Waals surface area contributed by atoms with E-state index in [4.69, 9.17) is 4.42 Å². The summed E-state index contributed by atoms with van der Waals surface area (Å²) < 4.78 is 6.91. The Hall–Kier alpha value is -1.54. The summed E-state index contributed by atoms with van der Waals surface area (Å²) in [6.07, 6.45) is 0. The molecule has 0 aliphatic carbocycles. The molecule has 0 unspecified atom stereocenters. The SMILES string of the molecule is Cc1cccc(-c2cc3cc(Br)ccc3o2)c1. The van der Waals surface area contributed by atoms with E-state index in [-0.39, 0.29) is 0 Å². The van der Waals surface area contributed by atoms with Crippen LogP contribution in [0, 0.1) is 6.92 Å². The van der Waals surface area contributed by atoms with Crippen LogP contribution in [-0.4, -0.2) is 0 Å². The first-order chi connectivity index (χ1) is 8.22. The Labute approximate surface area is 108 Å². The monoisotopic (exact) mass is 286 g/mol. The zero-order valence-corrected chi connectivity index (χ0v) is 11.0. The van der Waals surface area contributed by atoms with Crippen LogP contribution in [0.2, 0.25) is 0 Å². The zero-order chi connectivity index (χ0) is 11.8. The van der Waals surface area contributed by atoms with Gasteiger partial charge < -0.3 is 4.42 Å². The third-order valence-corrected chi connectivity index (χ3v) is 3.27. The van der Waals surface area contributed by atoms with Gasteiger partial charge >= 0.3 is 0 Å². The van der Waals surface area contributed by atoms with Gasteiger partial charge in [0.2, 0.25) is 0 Å². The quantitative estimate of drug-likeness (QED) is 0.601. The average Bonchev–Trinajstić information content (AvgIpc) is 2.72. The highest BCUT2D eigenvalue weighted by molar-refractivity contribution is 9.10. The van der Waals surface area contributed by atoms with Crippen molar-refractivity contribution in [1.29, 1.82) is 0 Å². The van der Waals surface area contributed by atoms with E-state index in [1.54, 1.807) is 0 Å². The molecule has 1 heterocycles. The highest BCUT2D eigenvalue weighted by Crippen LogP contribution is 2.29. The molecule has 17 heavy (non-hydrogen) atoms. The largest absolute Gasteiger partial charge is 0.456 e. The zero-order valence-electron chi connectivity index (χ0n) is 9.41. The van der Waals surface area contributed by atoms with Crippen molar-refractivity contribution >= 4 is 26.9 Å². The van der Waals surface area contributed by atoms with E-state index in [1.807, 2.05) is 18.2 Å². The molecule has 0 aliphatic heterocycles. The number of hydrogen-bond acceptors (Lipinski definition) is 1. The normalized spacial score (nSPS) is 10.9. The van der Waals surface area contributed by atoms with Crippen molar-refractivity contribution < 1.29 is 4.42 Å². The Morgan fingerprint density at radius 2 is 1.88 bits per heavy atom. The standard InChI is InChI=1S/C15H11BrO/c1-10-3-2-4-11(7-10)15-9-12-8-13(16)5-6-14(12)17-15/h2-9H,1H3. The van der Waals surface area contributed by atoms with Gasteiger partial charge in [0.15, 0.2) is 0 Å². The maximum absolute atomic E-state index is 5.84. The van der Waals surface area contributed by atoms with Crippen molar-refractivity contribution in [3.8, 4) is 11.3 Å². The van der Waals surface area contributed by atoms with Crippen molar-refractivity contribution in [1.82, 2.24) is 0 Å². The van der Waals surface area contributed by atoms with Crippen LogP contribution >= 0.6 is 15.9 Å². The molecule has 3 aromatic rings. The van der Waals surface area contributed by atoms with Crippen LogP contribution in [0.3, 0.4) is 0 Å². The van der Waals surface area contributed by atoms with Gasteiger partial charge in [0.05, 0.1) is 0 Å². The van der Waals surface area contributed by atoms with E-state index in [0.717, 1.165) is 26.8 Å². The predicted molar refractivity (Wildman–Crippen MR) is 74.1 cm³/mol. The minimum absolute atomic E-state index is 0.918. The van der Waals surface area contributed by atoms with Crippen molar-refractivity contribution in [2.75, 3.05) is 0 Å². The number of benzene rings is 2. The first kappa shape index (κ1) is 10.6. The number of rotatable bonds is 1. The highest BCUT2D eigenvalue weighted by atomic mass is 79.9. The van der Waals surface area contributed by atoms with E-state index < -0.39 is 0 Å². The van der Waals surface area contributed by atoms with Gasteiger partial charge in [-0.1, -0.05) is 39.7 Å². The molecule has 0 atom stereocenters. The Morgan fingerprint density at radius 3 is 2.71 bits per heavy atom. The molecule has 0 spiro atoms. The third kappa shape index (κ3) is 2.01. The van der Waals surface area contributed by atoms with Crippen molar-refractivity contribution in [2.45, 2.75) is 6.92 Å². The predicted octanol–water partition coefficient (Wildman–Crippen LogP) is 5.17. The van der Waals surface area contributed by atoms with Crippen molar-refractivity contribution in [3.63, 3.8) is 0 Å². The molecule has 1 aromatic heterocycles. The molecular formula is C15H11BrO. The van der Waals surface area contributed by atoms with Crippen LogP contribution in [0.15, 0.2) is 57.4 Å². The number of aryl methyl sites for hydroxylation is 1. The van der Waals surface area contributed by atoms with E-state index in [2.05, 4.69) is 53.2 Å². The van der Waals surface area contributed by atoms with Crippen molar-refractivity contribution in [3.05, 3.63) is 58.6 Å². The molecule has 3 rings (SSSR count). The first-order valence-corrected chi connectivity index (χ1v) is 6.28. The first-order valence-electron chi connectivity index (χ1n) is 5.48. The van der Waals surface area contributed by atoms with E-state index in [9.17, 15) is 0 Å². The molecule has 0 saturated carbocycles. The maximum Gasteiger partial charge on any atom is 0.135 e. The van der Waals surface area contributed by atoms with Crippen LogP contribution < -0.4 is 0 Å². The topological polar surface area (TPSA) is 13.1 Å². The van der Waals surface area contributed by atoms with Crippen LogP contribution in [-0.2, 0) is 0 Å². The summed E-state index contributed by atoms with van der Waals surface area (Å²) in [5.41, 5.74) is 3.28. The lowest BCUT2D eigenvalue weighted by atomic mass is 10.1. The Kier molecular flexibility index (Phi) is 2.52. The van der Waals surface area contributed by atoms with Crippen LogP contribution in [0.25, 0.3) is 22.3 Å². The molecule has 0 N–H and O–H groups in total. The summed E-state index contributed by atoms with van der Waals surface area (Å²) in [5, 5.41) is 1.12. The Bertz CT molecular complexity index is 682. The van der Waals surface area contributed by atoms with Crippen LogP contribution in [0.4, 0.5) is 0 Å². The van der Waals surface area contributed by atoms with Gasteiger partial charge in [0.1, 0.15) is 11.3 Å². The van der Waals surface area contributed by atoms with Gasteiger partial charge in [-0.15, -0.1) is 0 Å². The van der Waals surface area contributed by atoms with Gasteiger partial charge in [-0.25, -0.2) is 0 Å². The van der Waals surface area contributed by atoms with Crippen LogP contribution in [0.5, 0.6) is 0 Å². The van der Waals surface area contributed by atoms with Gasteiger partial charge in [0, 0.05) is 15.4 Å². The summed E-state index contributed by atoms with van der Waals surface area (Å²) in [5.74, 6) is 0.918. The Morgan fingerprint density at radius 1 is 1.00 bits per heavy atom. The van der Waals surface area contributed by atoms with E-state index in [0.29, 0.717) is 0 Å². The smallest absolute Gasteiger partial charge is 0.135 e. The summed E-state index contributed by atoms with van der Waals surface area (Å²) >= 11 is 3.47. The lowest BCUT2D eigenvalue weighted by Gasteiger charge is -1.97. The fourth-order valence-corrected chi connectivity index (χ4v) is 2.33. The second-order valence-corrected chi connectivity index (χ2v) is 5.08. The third-order valence-electron chi connectivity index (χ3n) is 2.78. The minimum Gasteiger partial charge on any atom is -0.456 e. The minimum atomic E-state index is 0.918. The summed E-state index contributed by atoms with van der Waals surface area (Å²) in [4.78, 5) is 0. The molecular weight excluding hydrogens is 276 g/mol. The maximum atomic E-state index is 5.84. The second kappa shape index (κ2) is 4.04. The average molecular weight is 287 g/mol. The molecule has 0 fully saturated rings. The molecule has 1 nitrogen and oxygen atoms in total. The molecule has 2 aromatic carbocycles. The summed E-state index contributed by atoms with van der Waals surface area (Å²) in [6, 6.07) is 16.5. The lowest BCUT2D eigenvalue weighted by Crippen LogP contribution is -1.74. The van der Waals surface area contributed by atoms with E-state index in [1.165, 1.54) is 5.56 Å². The second-order valence-electron chi connectivity index (χ2n) is 4.16. The molecule has 0 aliphatic rings. The number of halogens is 1. The number of furan rings is 1. The van der Waals surface area contributed by atoms with Gasteiger partial charge in [0.25, 0.3) is 0 Å². The lowest BCUT2D eigenvalue weighted by molar-refractivity contribution is 0.631. The van der Waals surface area contributed by atoms with Crippen LogP contribution in [0.1, 0.15) is 5.56 Å². The van der Waals surface area contributed by atoms with Crippen molar-refractivity contribution in [2.24, 2.45) is 0 Å². The molecule has 0 amide bonds.